The van der Waals surface area contributed by atoms with Gasteiger partial charge in [0.25, 0.3) is 0 Å². The molecular weight excluding hydrogens is 582 g/mol. The highest BCUT2D eigenvalue weighted by Gasteiger charge is 2.18. The van der Waals surface area contributed by atoms with Crippen molar-refractivity contribution in [1.82, 2.24) is 24.5 Å². The Morgan fingerprint density at radius 1 is 0.326 bits per heavy atom. The van der Waals surface area contributed by atoms with Crippen LogP contribution < -0.4 is 0 Å². The van der Waals surface area contributed by atoms with Crippen LogP contribution in [0.2, 0.25) is 0 Å². The monoisotopic (exact) mass is 625 g/mol. The Balaban J connectivity index is 0. The van der Waals surface area contributed by atoms with Crippen LogP contribution in [-0.2, 0) is 33.6 Å². The van der Waals surface area contributed by atoms with Crippen LogP contribution in [-0.4, -0.2) is 200 Å². The van der Waals surface area contributed by atoms with E-state index >= 15 is 0 Å². The molecule has 0 aromatic rings. The number of hydrogen-bond acceptors (Lipinski definition) is 12. The SMILES string of the molecule is CCN(CCN(CC(=O)O)CC(=O)O)CC(=O)O.CCN(CCN(CCN(CC(=O)O)CC(=O)O)CC(=O)O)CC(=O)O. The van der Waals surface area contributed by atoms with Gasteiger partial charge in [-0.15, -0.1) is 0 Å². The van der Waals surface area contributed by atoms with Gasteiger partial charge >= 0.3 is 41.8 Å². The second kappa shape index (κ2) is 23.6. The molecule has 43 heavy (non-hydrogen) atoms. The first-order valence-corrected chi connectivity index (χ1v) is 13.1. The first-order chi connectivity index (χ1) is 20.0. The highest BCUT2D eigenvalue weighted by atomic mass is 16.4. The highest BCUT2D eigenvalue weighted by Crippen LogP contribution is 1.97. The number of hydrogen-bond donors (Lipinski definition) is 7. The topological polar surface area (TPSA) is 277 Å². The predicted octanol–water partition coefficient (Wildman–Crippen LogP) is -2.89. The summed E-state index contributed by atoms with van der Waals surface area (Å²) in [6.45, 7) is 3.55. The van der Waals surface area contributed by atoms with Gasteiger partial charge in [-0.2, -0.15) is 0 Å². The Morgan fingerprint density at radius 3 is 0.698 bits per heavy atom. The van der Waals surface area contributed by atoms with Gasteiger partial charge in [0.2, 0.25) is 0 Å². The average molecular weight is 626 g/mol. The van der Waals surface area contributed by atoms with Crippen molar-refractivity contribution in [2.24, 2.45) is 0 Å². The fraction of sp³-hybridized carbons (Fsp3) is 0.708. The van der Waals surface area contributed by atoms with Gasteiger partial charge in [-0.3, -0.25) is 58.1 Å². The van der Waals surface area contributed by atoms with Gasteiger partial charge in [0.15, 0.2) is 0 Å². The fourth-order valence-corrected chi connectivity index (χ4v) is 3.58. The van der Waals surface area contributed by atoms with Crippen molar-refractivity contribution in [3.63, 3.8) is 0 Å². The van der Waals surface area contributed by atoms with Crippen molar-refractivity contribution in [3.8, 4) is 0 Å². The lowest BCUT2D eigenvalue weighted by atomic mass is 10.3. The summed E-state index contributed by atoms with van der Waals surface area (Å²) in [6, 6.07) is 0. The van der Waals surface area contributed by atoms with Crippen LogP contribution in [0.15, 0.2) is 0 Å². The van der Waals surface area contributed by atoms with Crippen molar-refractivity contribution in [1.29, 1.82) is 0 Å². The molecule has 0 atom stereocenters. The number of rotatable bonds is 25. The molecule has 0 rings (SSSR count). The predicted molar refractivity (Wildman–Crippen MR) is 147 cm³/mol. The van der Waals surface area contributed by atoms with Crippen LogP contribution >= 0.6 is 0 Å². The molecule has 248 valence electrons. The Hall–Kier alpha value is -3.91. The van der Waals surface area contributed by atoms with E-state index in [2.05, 4.69) is 0 Å². The van der Waals surface area contributed by atoms with Gasteiger partial charge in [-0.1, -0.05) is 13.8 Å². The number of likely N-dealkylation sites (N-methyl/N-ethyl adjacent to an activating group) is 2. The molecule has 0 bridgehead atoms. The van der Waals surface area contributed by atoms with E-state index in [-0.39, 0.29) is 58.9 Å². The van der Waals surface area contributed by atoms with E-state index in [1.165, 1.54) is 14.7 Å². The summed E-state index contributed by atoms with van der Waals surface area (Å²) in [7, 11) is 0. The van der Waals surface area contributed by atoms with Crippen molar-refractivity contribution >= 4 is 41.8 Å². The minimum absolute atomic E-state index is 0.0664. The Bertz CT molecular complexity index is 887. The molecule has 0 spiro atoms. The molecule has 0 saturated heterocycles. The lowest BCUT2D eigenvalue weighted by molar-refractivity contribution is -0.144. The van der Waals surface area contributed by atoms with E-state index in [0.29, 0.717) is 26.2 Å². The molecule has 0 heterocycles. The molecule has 19 heteroatoms. The van der Waals surface area contributed by atoms with Crippen molar-refractivity contribution < 1.29 is 69.3 Å². The van der Waals surface area contributed by atoms with E-state index in [1.807, 2.05) is 0 Å². The molecule has 0 fully saturated rings. The molecule has 0 aromatic carbocycles. The summed E-state index contributed by atoms with van der Waals surface area (Å²) < 4.78 is 0. The van der Waals surface area contributed by atoms with Gasteiger partial charge in [0.1, 0.15) is 0 Å². The minimum Gasteiger partial charge on any atom is -0.480 e. The summed E-state index contributed by atoms with van der Waals surface area (Å²) in [5.74, 6) is -7.62. The zero-order chi connectivity index (χ0) is 33.5. The van der Waals surface area contributed by atoms with Crippen molar-refractivity contribution in [2.75, 3.05) is 98.2 Å². The maximum absolute atomic E-state index is 11.0. The van der Waals surface area contributed by atoms with E-state index in [4.69, 9.17) is 35.7 Å². The molecule has 0 amide bonds. The molecule has 7 N–H and O–H groups in total. The molecule has 19 nitrogen and oxygen atoms in total. The molecular formula is C24H43N5O14. The lowest BCUT2D eigenvalue weighted by Crippen LogP contribution is -2.44. The lowest BCUT2D eigenvalue weighted by Gasteiger charge is -2.27. The molecule has 0 saturated carbocycles. The Morgan fingerprint density at radius 2 is 0.488 bits per heavy atom. The third-order valence-electron chi connectivity index (χ3n) is 5.60. The quantitative estimate of drug-likeness (QED) is 0.0536. The van der Waals surface area contributed by atoms with Crippen LogP contribution in [0.5, 0.6) is 0 Å². The average Bonchev–Trinajstić information content (AvgIpc) is 2.85. The largest absolute Gasteiger partial charge is 0.480 e. The normalized spacial score (nSPS) is 11.0. The van der Waals surface area contributed by atoms with Gasteiger partial charge < -0.3 is 35.7 Å². The minimum atomic E-state index is -1.18. The molecule has 0 aliphatic rings. The summed E-state index contributed by atoms with van der Waals surface area (Å²) in [4.78, 5) is 82.0. The standard InChI is InChI=1S/C14H25N3O8.C10H18N2O6/c1-2-15(7-11(18)19)3-4-16(8-12(20)21)5-6-17(9-13(22)23)10-14(24)25;1-2-11(5-8(13)14)3-4-12(6-9(15)16)7-10(17)18/h2-10H2,1H3,(H,18,19)(H,20,21)(H,22,23)(H,24,25);2-7H2,1H3,(H,13,14)(H,15,16)(H,17,18). The maximum Gasteiger partial charge on any atom is 0.317 e. The van der Waals surface area contributed by atoms with Gasteiger partial charge in [0, 0.05) is 39.3 Å². The molecule has 0 aliphatic heterocycles. The highest BCUT2D eigenvalue weighted by molar-refractivity contribution is 5.73. The summed E-state index contributed by atoms with van der Waals surface area (Å²) in [5.41, 5.74) is 0. The first-order valence-electron chi connectivity index (χ1n) is 13.1. The fourth-order valence-electron chi connectivity index (χ4n) is 3.58. The Kier molecular flexibility index (Phi) is 22.7. The summed E-state index contributed by atoms with van der Waals surface area (Å²) in [5, 5.41) is 61.2. The van der Waals surface area contributed by atoms with Crippen molar-refractivity contribution in [2.45, 2.75) is 13.8 Å². The third kappa shape index (κ3) is 26.7. The first kappa shape index (κ1) is 41.2. The second-order valence-corrected chi connectivity index (χ2v) is 9.19. The summed E-state index contributed by atoms with van der Waals surface area (Å²) >= 11 is 0. The van der Waals surface area contributed by atoms with E-state index in [9.17, 15) is 33.6 Å². The maximum atomic E-state index is 11.0. The smallest absolute Gasteiger partial charge is 0.317 e. The van der Waals surface area contributed by atoms with Crippen LogP contribution in [0, 0.1) is 0 Å². The summed E-state index contributed by atoms with van der Waals surface area (Å²) in [6.07, 6.45) is 0. The number of aliphatic carboxylic acids is 7. The van der Waals surface area contributed by atoms with Gasteiger partial charge in [-0.25, -0.2) is 0 Å². The number of carboxylic acids is 7. The van der Waals surface area contributed by atoms with E-state index in [1.54, 1.807) is 23.6 Å². The Labute approximate surface area is 248 Å². The number of carboxylic acid groups (broad SMARTS) is 7. The second-order valence-electron chi connectivity index (χ2n) is 9.19. The van der Waals surface area contributed by atoms with Crippen LogP contribution in [0.1, 0.15) is 13.8 Å². The van der Waals surface area contributed by atoms with Crippen LogP contribution in [0.25, 0.3) is 0 Å². The van der Waals surface area contributed by atoms with Gasteiger partial charge in [-0.05, 0) is 13.1 Å². The number of carbonyl (C=O) groups is 7. The number of nitrogens with zero attached hydrogens (tertiary/aromatic N) is 5. The van der Waals surface area contributed by atoms with E-state index < -0.39 is 54.9 Å². The molecule has 0 aromatic heterocycles. The van der Waals surface area contributed by atoms with E-state index in [0.717, 1.165) is 0 Å². The van der Waals surface area contributed by atoms with Crippen LogP contribution in [0.4, 0.5) is 0 Å². The zero-order valence-electron chi connectivity index (χ0n) is 24.3. The zero-order valence-corrected chi connectivity index (χ0v) is 24.3. The molecule has 0 aliphatic carbocycles. The van der Waals surface area contributed by atoms with Crippen LogP contribution in [0.3, 0.4) is 0 Å². The molecule has 0 radical (unpaired) electrons. The van der Waals surface area contributed by atoms with Crippen molar-refractivity contribution in [3.05, 3.63) is 0 Å². The third-order valence-corrected chi connectivity index (χ3v) is 5.60. The molecule has 0 unspecified atom stereocenters. The van der Waals surface area contributed by atoms with Gasteiger partial charge in [0.05, 0.1) is 45.8 Å².